The summed E-state index contributed by atoms with van der Waals surface area (Å²) in [4.78, 5) is 37.5. The highest BCUT2D eigenvalue weighted by Crippen LogP contribution is 2.36. The Morgan fingerprint density at radius 3 is 2.56 bits per heavy atom. The SMILES string of the molecule is CC[C@H](SC1=Nc2ccccc2C2=N[C@@H]([C@H](C)CC)C(=O)N12)C(=O)Nc1ccc(Cl)cc1. The first kappa shape index (κ1) is 22.6. The van der Waals surface area contributed by atoms with Crippen LogP contribution in [0.4, 0.5) is 11.4 Å². The van der Waals surface area contributed by atoms with Gasteiger partial charge in [0.05, 0.1) is 10.9 Å². The largest absolute Gasteiger partial charge is 0.325 e. The summed E-state index contributed by atoms with van der Waals surface area (Å²) in [5, 5.41) is 3.61. The van der Waals surface area contributed by atoms with E-state index in [1.54, 1.807) is 29.2 Å². The van der Waals surface area contributed by atoms with Crippen molar-refractivity contribution in [2.24, 2.45) is 15.9 Å². The molecule has 0 spiro atoms. The van der Waals surface area contributed by atoms with Gasteiger partial charge in [-0.25, -0.2) is 9.89 Å². The molecule has 32 heavy (non-hydrogen) atoms. The van der Waals surface area contributed by atoms with E-state index in [2.05, 4.69) is 12.2 Å². The summed E-state index contributed by atoms with van der Waals surface area (Å²) in [5.74, 6) is 0.517. The topological polar surface area (TPSA) is 74.1 Å². The Kier molecular flexibility index (Phi) is 6.67. The van der Waals surface area contributed by atoms with E-state index in [0.29, 0.717) is 28.1 Å². The highest BCUT2D eigenvalue weighted by Gasteiger charge is 2.43. The number of thioether (sulfide) groups is 1. The summed E-state index contributed by atoms with van der Waals surface area (Å²) in [6, 6.07) is 14.2. The maximum Gasteiger partial charge on any atom is 0.259 e. The first-order valence-corrected chi connectivity index (χ1v) is 12.0. The normalized spacial score (nSPS) is 18.9. The highest BCUT2D eigenvalue weighted by molar-refractivity contribution is 8.15. The second kappa shape index (κ2) is 9.46. The Balaban J connectivity index is 1.62. The van der Waals surface area contributed by atoms with E-state index in [1.807, 2.05) is 38.1 Å². The minimum absolute atomic E-state index is 0.0805. The molecule has 0 bridgehead atoms. The number of fused-ring (bicyclic) bond motifs is 3. The van der Waals surface area contributed by atoms with Crippen LogP contribution in [0.5, 0.6) is 0 Å². The van der Waals surface area contributed by atoms with Crippen LogP contribution in [0, 0.1) is 5.92 Å². The maximum atomic E-state index is 13.3. The number of carbonyl (C=O) groups excluding carboxylic acids is 2. The zero-order valence-electron chi connectivity index (χ0n) is 18.2. The van der Waals surface area contributed by atoms with Crippen molar-refractivity contribution in [3.8, 4) is 0 Å². The lowest BCUT2D eigenvalue weighted by molar-refractivity contribution is -0.125. The number of amidine groups is 2. The lowest BCUT2D eigenvalue weighted by Gasteiger charge is -2.27. The number of para-hydroxylation sites is 1. The van der Waals surface area contributed by atoms with Gasteiger partial charge in [-0.1, -0.05) is 62.7 Å². The van der Waals surface area contributed by atoms with Crippen LogP contribution < -0.4 is 5.32 Å². The molecule has 0 radical (unpaired) electrons. The molecule has 2 aromatic carbocycles. The molecule has 0 fully saturated rings. The Labute approximate surface area is 197 Å². The van der Waals surface area contributed by atoms with Crippen molar-refractivity contribution in [2.75, 3.05) is 5.32 Å². The van der Waals surface area contributed by atoms with E-state index >= 15 is 0 Å². The minimum Gasteiger partial charge on any atom is -0.325 e. The third-order valence-corrected chi connectivity index (χ3v) is 7.27. The van der Waals surface area contributed by atoms with E-state index in [9.17, 15) is 9.59 Å². The number of carbonyl (C=O) groups is 2. The van der Waals surface area contributed by atoms with Crippen molar-refractivity contribution in [2.45, 2.75) is 44.9 Å². The van der Waals surface area contributed by atoms with Gasteiger partial charge in [-0.3, -0.25) is 14.6 Å². The summed E-state index contributed by atoms with van der Waals surface area (Å²) < 4.78 is 0. The van der Waals surface area contributed by atoms with Crippen molar-refractivity contribution in [1.29, 1.82) is 0 Å². The second-order valence-corrected chi connectivity index (χ2v) is 9.49. The fourth-order valence-corrected chi connectivity index (χ4v) is 4.79. The number of benzene rings is 2. The number of rotatable bonds is 6. The number of hydrogen-bond donors (Lipinski definition) is 1. The van der Waals surface area contributed by atoms with Crippen LogP contribution in [0.2, 0.25) is 5.02 Å². The monoisotopic (exact) mass is 468 g/mol. The minimum atomic E-state index is -0.435. The molecule has 4 rings (SSSR count). The molecule has 2 heterocycles. The van der Waals surface area contributed by atoms with Gasteiger partial charge in [0.15, 0.2) is 5.17 Å². The predicted molar refractivity (Wildman–Crippen MR) is 132 cm³/mol. The standard InChI is InChI=1S/C24H25ClN4O2S/c1-4-14(3)20-23(31)29-21(28-20)17-8-6-7-9-18(17)27-24(29)32-19(5-2)22(30)26-16-12-10-15(25)11-13-16/h6-14,19-20H,4-5H2,1-3H3,(H,26,30)/t14-,19+,20+/m1/s1. The summed E-state index contributed by atoms with van der Waals surface area (Å²) in [5.41, 5.74) is 2.27. The van der Waals surface area contributed by atoms with Crippen LogP contribution in [0.3, 0.4) is 0 Å². The molecule has 0 unspecified atom stereocenters. The molecular formula is C24H25ClN4O2S. The smallest absolute Gasteiger partial charge is 0.259 e. The molecule has 166 valence electrons. The summed E-state index contributed by atoms with van der Waals surface area (Å²) >= 11 is 7.23. The number of anilines is 1. The van der Waals surface area contributed by atoms with Gasteiger partial charge in [0.1, 0.15) is 11.9 Å². The molecular weight excluding hydrogens is 444 g/mol. The summed E-state index contributed by atoms with van der Waals surface area (Å²) in [6.07, 6.45) is 1.43. The zero-order chi connectivity index (χ0) is 22.8. The second-order valence-electron chi connectivity index (χ2n) is 7.88. The van der Waals surface area contributed by atoms with E-state index in [0.717, 1.165) is 17.7 Å². The summed E-state index contributed by atoms with van der Waals surface area (Å²) in [6.45, 7) is 6.04. The molecule has 1 N–H and O–H groups in total. The Morgan fingerprint density at radius 1 is 1.16 bits per heavy atom. The van der Waals surface area contributed by atoms with Gasteiger partial charge in [-0.2, -0.15) is 0 Å². The molecule has 0 saturated carbocycles. The number of halogens is 1. The van der Waals surface area contributed by atoms with Crippen LogP contribution in [-0.2, 0) is 9.59 Å². The van der Waals surface area contributed by atoms with Crippen molar-refractivity contribution in [3.63, 3.8) is 0 Å². The molecule has 2 amide bonds. The summed E-state index contributed by atoms with van der Waals surface area (Å²) in [7, 11) is 0. The third-order valence-electron chi connectivity index (χ3n) is 5.70. The van der Waals surface area contributed by atoms with Crippen LogP contribution in [0.25, 0.3) is 0 Å². The average molecular weight is 469 g/mol. The van der Waals surface area contributed by atoms with Gasteiger partial charge in [0.25, 0.3) is 5.91 Å². The average Bonchev–Trinajstić information content (AvgIpc) is 3.16. The van der Waals surface area contributed by atoms with E-state index in [4.69, 9.17) is 21.6 Å². The highest BCUT2D eigenvalue weighted by atomic mass is 35.5. The molecule has 8 heteroatoms. The first-order valence-electron chi connectivity index (χ1n) is 10.8. The number of nitrogens with zero attached hydrogens (tertiary/aromatic N) is 3. The van der Waals surface area contributed by atoms with Crippen LogP contribution in [0.1, 0.15) is 39.2 Å². The van der Waals surface area contributed by atoms with E-state index in [-0.39, 0.29) is 17.7 Å². The predicted octanol–water partition coefficient (Wildman–Crippen LogP) is 5.50. The number of amides is 2. The quantitative estimate of drug-likeness (QED) is 0.608. The van der Waals surface area contributed by atoms with Gasteiger partial charge < -0.3 is 5.32 Å². The molecule has 3 atom stereocenters. The lowest BCUT2D eigenvalue weighted by atomic mass is 10.00. The van der Waals surface area contributed by atoms with Gasteiger partial charge in [-0.05, 0) is 48.7 Å². The van der Waals surface area contributed by atoms with Gasteiger partial charge >= 0.3 is 0 Å². The van der Waals surface area contributed by atoms with Gasteiger partial charge in [-0.15, -0.1) is 0 Å². The van der Waals surface area contributed by atoms with Crippen LogP contribution >= 0.6 is 23.4 Å². The van der Waals surface area contributed by atoms with Gasteiger partial charge in [0.2, 0.25) is 5.91 Å². The molecule has 2 aliphatic heterocycles. The van der Waals surface area contributed by atoms with Gasteiger partial charge in [0, 0.05) is 16.3 Å². The molecule has 6 nitrogen and oxygen atoms in total. The Bertz CT molecular complexity index is 1100. The first-order chi connectivity index (χ1) is 15.4. The molecule has 2 aromatic rings. The lowest BCUT2D eigenvalue weighted by Crippen LogP contribution is -2.43. The number of hydrogen-bond acceptors (Lipinski definition) is 5. The molecule has 0 aromatic heterocycles. The maximum absolute atomic E-state index is 13.3. The fraction of sp³-hybridized carbons (Fsp3) is 0.333. The van der Waals surface area contributed by atoms with Crippen molar-refractivity contribution in [1.82, 2.24) is 4.90 Å². The van der Waals surface area contributed by atoms with Crippen molar-refractivity contribution >= 4 is 57.6 Å². The van der Waals surface area contributed by atoms with E-state index in [1.165, 1.54) is 11.8 Å². The van der Waals surface area contributed by atoms with Crippen molar-refractivity contribution in [3.05, 3.63) is 59.1 Å². The Morgan fingerprint density at radius 2 is 1.88 bits per heavy atom. The molecule has 0 aliphatic carbocycles. The fourth-order valence-electron chi connectivity index (χ4n) is 3.65. The van der Waals surface area contributed by atoms with Crippen LogP contribution in [0.15, 0.2) is 58.5 Å². The zero-order valence-corrected chi connectivity index (χ0v) is 19.8. The number of aliphatic imine (C=N–C) groups is 2. The van der Waals surface area contributed by atoms with E-state index < -0.39 is 11.3 Å². The van der Waals surface area contributed by atoms with Crippen LogP contribution in [-0.4, -0.2) is 39.0 Å². The molecule has 0 saturated heterocycles. The Hall–Kier alpha value is -2.64. The molecule has 2 aliphatic rings. The van der Waals surface area contributed by atoms with Crippen molar-refractivity contribution < 1.29 is 9.59 Å². The number of nitrogens with one attached hydrogen (secondary N) is 1. The third kappa shape index (κ3) is 4.32.